The first-order valence-corrected chi connectivity index (χ1v) is 8.62. The van der Waals surface area contributed by atoms with Gasteiger partial charge in [0.05, 0.1) is 13.2 Å². The van der Waals surface area contributed by atoms with Crippen LogP contribution in [0.15, 0.2) is 0 Å². The predicted molar refractivity (Wildman–Crippen MR) is 83.9 cm³/mol. The van der Waals surface area contributed by atoms with Gasteiger partial charge >= 0.3 is 0 Å². The van der Waals surface area contributed by atoms with E-state index >= 15 is 0 Å². The molecule has 2 aliphatic rings. The molecule has 0 radical (unpaired) electrons. The van der Waals surface area contributed by atoms with Crippen LogP contribution in [0.4, 0.5) is 0 Å². The molecular weight excluding hydrogens is 264 g/mol. The Kier molecular flexibility index (Phi) is 5.31. The van der Waals surface area contributed by atoms with Gasteiger partial charge in [-0.25, -0.2) is 0 Å². The second-order valence-electron chi connectivity index (χ2n) is 7.51. The average molecular weight is 297 g/mol. The lowest BCUT2D eigenvalue weighted by molar-refractivity contribution is -0.644. The highest BCUT2D eigenvalue weighted by atomic mass is 16.5. The summed E-state index contributed by atoms with van der Waals surface area (Å²) in [6, 6.07) is 0. The summed E-state index contributed by atoms with van der Waals surface area (Å²) in [7, 11) is 0. The zero-order chi connectivity index (χ0) is 15.5. The van der Waals surface area contributed by atoms with Gasteiger partial charge in [0, 0.05) is 18.6 Å². The summed E-state index contributed by atoms with van der Waals surface area (Å²) >= 11 is 0. The molecule has 0 saturated heterocycles. The van der Waals surface area contributed by atoms with E-state index in [1.807, 2.05) is 6.92 Å². The summed E-state index contributed by atoms with van der Waals surface area (Å²) in [5, 5.41) is 5.47. The number of hydrogen-bond acceptors (Lipinski definition) is 2. The molecule has 2 rings (SSSR count). The van der Waals surface area contributed by atoms with E-state index in [1.165, 1.54) is 19.3 Å². The van der Waals surface area contributed by atoms with E-state index in [-0.39, 0.29) is 16.9 Å². The van der Waals surface area contributed by atoms with Crippen molar-refractivity contribution in [1.82, 2.24) is 5.32 Å². The fourth-order valence-electron chi connectivity index (χ4n) is 4.42. The molecule has 0 aromatic rings. The third kappa shape index (κ3) is 3.26. The highest BCUT2D eigenvalue weighted by Crippen LogP contribution is 2.61. The third-order valence-electron chi connectivity index (χ3n) is 6.24. The highest BCUT2D eigenvalue weighted by Gasteiger charge is 2.60. The Morgan fingerprint density at radius 3 is 2.62 bits per heavy atom. The maximum atomic E-state index is 12.3. The van der Waals surface area contributed by atoms with Crippen molar-refractivity contribution in [1.29, 1.82) is 0 Å². The Labute approximate surface area is 129 Å². The number of fused-ring (bicyclic) bond motifs is 2. The van der Waals surface area contributed by atoms with Crippen LogP contribution in [0.1, 0.15) is 53.4 Å². The van der Waals surface area contributed by atoms with Gasteiger partial charge in [-0.1, -0.05) is 13.8 Å². The van der Waals surface area contributed by atoms with Gasteiger partial charge in [0.1, 0.15) is 0 Å². The Balaban J connectivity index is 1.75. The van der Waals surface area contributed by atoms with Crippen LogP contribution in [0.3, 0.4) is 0 Å². The summed E-state index contributed by atoms with van der Waals surface area (Å²) in [4.78, 5) is 12.3. The van der Waals surface area contributed by atoms with Crippen molar-refractivity contribution >= 4 is 5.91 Å². The third-order valence-corrected chi connectivity index (χ3v) is 6.24. The number of quaternary nitrogens is 1. The molecule has 122 valence electrons. The minimum absolute atomic E-state index is 0.0217. The molecule has 3 N–H and O–H groups in total. The molecule has 1 amide bonds. The van der Waals surface area contributed by atoms with Gasteiger partial charge in [0.25, 0.3) is 5.91 Å². The molecule has 2 fully saturated rings. The van der Waals surface area contributed by atoms with Crippen LogP contribution in [-0.2, 0) is 9.53 Å². The average Bonchev–Trinajstić information content (AvgIpc) is 2.97. The molecule has 4 heteroatoms. The second-order valence-corrected chi connectivity index (χ2v) is 7.51. The molecule has 2 bridgehead atoms. The fourth-order valence-corrected chi connectivity index (χ4v) is 4.42. The van der Waals surface area contributed by atoms with E-state index in [4.69, 9.17) is 4.74 Å². The van der Waals surface area contributed by atoms with Crippen molar-refractivity contribution in [2.45, 2.75) is 58.9 Å². The first-order chi connectivity index (χ1) is 9.91. The maximum absolute atomic E-state index is 12.3. The van der Waals surface area contributed by atoms with Gasteiger partial charge in [-0.2, -0.15) is 0 Å². The predicted octanol–water partition coefficient (Wildman–Crippen LogP) is 1.31. The van der Waals surface area contributed by atoms with E-state index in [1.54, 1.807) is 0 Å². The van der Waals surface area contributed by atoms with Crippen LogP contribution in [0.5, 0.6) is 0 Å². The molecule has 0 aliphatic heterocycles. The van der Waals surface area contributed by atoms with Crippen LogP contribution in [0.2, 0.25) is 0 Å². The number of nitrogens with one attached hydrogen (secondary N) is 1. The number of carbonyl (C=O) groups is 1. The van der Waals surface area contributed by atoms with Crippen molar-refractivity contribution in [3.8, 4) is 0 Å². The van der Waals surface area contributed by atoms with Crippen molar-refractivity contribution in [3.05, 3.63) is 0 Å². The standard InChI is InChI=1S/C17H32N2O2/c1-5-21-10-6-9-18-12-15(20)19-17(4)14-8-7-13(11-14)16(17,2)3/h13-14,18H,5-12H2,1-4H3,(H,19,20)/p+1/t13-,14+,17+/m0/s1. The van der Waals surface area contributed by atoms with Crippen molar-refractivity contribution < 1.29 is 14.8 Å². The normalized spacial score (nSPS) is 33.3. The fraction of sp³-hybridized carbons (Fsp3) is 0.941. The van der Waals surface area contributed by atoms with Crippen molar-refractivity contribution in [3.63, 3.8) is 0 Å². The summed E-state index contributed by atoms with van der Waals surface area (Å²) in [5.41, 5.74) is 0.201. The van der Waals surface area contributed by atoms with Crippen LogP contribution < -0.4 is 10.6 Å². The Morgan fingerprint density at radius 1 is 1.29 bits per heavy atom. The first kappa shape index (κ1) is 16.8. The molecule has 0 aromatic heterocycles. The largest absolute Gasteiger partial charge is 0.382 e. The minimum Gasteiger partial charge on any atom is -0.382 e. The topological polar surface area (TPSA) is 54.9 Å². The van der Waals surface area contributed by atoms with Crippen LogP contribution in [0.25, 0.3) is 0 Å². The Bertz CT molecular complexity index is 370. The lowest BCUT2D eigenvalue weighted by Crippen LogP contribution is -2.87. The van der Waals surface area contributed by atoms with Crippen molar-refractivity contribution in [2.24, 2.45) is 17.3 Å². The quantitative estimate of drug-likeness (QED) is 0.664. The first-order valence-electron chi connectivity index (χ1n) is 8.62. The van der Waals surface area contributed by atoms with E-state index < -0.39 is 0 Å². The monoisotopic (exact) mass is 297 g/mol. The van der Waals surface area contributed by atoms with E-state index in [9.17, 15) is 4.79 Å². The molecule has 0 heterocycles. The van der Waals surface area contributed by atoms with Crippen LogP contribution in [-0.4, -0.2) is 37.7 Å². The van der Waals surface area contributed by atoms with Gasteiger partial charge in [0.15, 0.2) is 6.54 Å². The molecule has 0 spiro atoms. The Hall–Kier alpha value is -0.610. The minimum atomic E-state index is -0.0217. The zero-order valence-electron chi connectivity index (χ0n) is 14.2. The molecule has 0 unspecified atom stereocenters. The molecule has 4 nitrogen and oxygen atoms in total. The van der Waals surface area contributed by atoms with Crippen molar-refractivity contribution in [2.75, 3.05) is 26.3 Å². The Morgan fingerprint density at radius 2 is 2.00 bits per heavy atom. The summed E-state index contributed by atoms with van der Waals surface area (Å²) in [5.74, 6) is 1.64. The second kappa shape index (κ2) is 6.66. The van der Waals surface area contributed by atoms with Gasteiger partial charge in [-0.05, 0) is 50.4 Å². The molecule has 2 saturated carbocycles. The van der Waals surface area contributed by atoms with Gasteiger partial charge < -0.3 is 15.4 Å². The molecule has 3 atom stereocenters. The van der Waals surface area contributed by atoms with Gasteiger partial charge in [0.2, 0.25) is 0 Å². The number of rotatable bonds is 8. The number of carbonyl (C=O) groups excluding carboxylic acids is 1. The van der Waals surface area contributed by atoms with Gasteiger partial charge in [-0.15, -0.1) is 0 Å². The highest BCUT2D eigenvalue weighted by molar-refractivity contribution is 5.77. The number of hydrogen-bond donors (Lipinski definition) is 2. The number of nitrogens with two attached hydrogens (primary N) is 1. The van der Waals surface area contributed by atoms with Gasteiger partial charge in [-0.3, -0.25) is 4.79 Å². The number of ether oxygens (including phenoxy) is 1. The SMILES string of the molecule is CCOCCC[NH2+]CC(=O)N[C@]1(C)[C@@H]2CC[C@@H](C2)C1(C)C. The lowest BCUT2D eigenvalue weighted by Gasteiger charge is -2.48. The van der Waals surface area contributed by atoms with E-state index in [2.05, 4.69) is 31.4 Å². The molecule has 0 aromatic carbocycles. The molecule has 21 heavy (non-hydrogen) atoms. The smallest absolute Gasteiger partial charge is 0.275 e. The summed E-state index contributed by atoms with van der Waals surface area (Å²) in [6.45, 7) is 12.0. The maximum Gasteiger partial charge on any atom is 0.275 e. The van der Waals surface area contributed by atoms with Crippen LogP contribution in [0, 0.1) is 17.3 Å². The number of amides is 1. The summed E-state index contributed by atoms with van der Waals surface area (Å²) < 4.78 is 5.30. The summed E-state index contributed by atoms with van der Waals surface area (Å²) in [6.07, 6.45) is 4.92. The lowest BCUT2D eigenvalue weighted by atomic mass is 9.64. The van der Waals surface area contributed by atoms with E-state index in [0.29, 0.717) is 12.5 Å². The van der Waals surface area contributed by atoms with Crippen LogP contribution >= 0.6 is 0 Å². The zero-order valence-corrected chi connectivity index (χ0v) is 14.2. The molecule has 2 aliphatic carbocycles. The molecular formula is C17H33N2O2+. The van der Waals surface area contributed by atoms with E-state index in [0.717, 1.165) is 32.1 Å².